The number of fused-ring (bicyclic) bond motifs is 2. The van der Waals surface area contributed by atoms with Crippen molar-refractivity contribution in [3.05, 3.63) is 97.8 Å². The predicted molar refractivity (Wildman–Crippen MR) is 149 cm³/mol. The molecule has 0 unspecified atom stereocenters. The molecule has 202 valence electrons. The molecule has 0 atom stereocenters. The summed E-state index contributed by atoms with van der Waals surface area (Å²) in [7, 11) is 0. The number of aromatic nitrogens is 2. The lowest BCUT2D eigenvalue weighted by atomic mass is 10.2. The summed E-state index contributed by atoms with van der Waals surface area (Å²) in [5.74, 6) is -0.554. The van der Waals surface area contributed by atoms with Crippen molar-refractivity contribution >= 4 is 51.3 Å². The highest BCUT2D eigenvalue weighted by atomic mass is 35.5. The Bertz CT molecular complexity index is 1860. The number of furan rings is 1. The zero-order valence-electron chi connectivity index (χ0n) is 21.2. The summed E-state index contributed by atoms with van der Waals surface area (Å²) >= 11 is 6.12. The summed E-state index contributed by atoms with van der Waals surface area (Å²) in [5, 5.41) is 17.5. The van der Waals surface area contributed by atoms with E-state index in [0.29, 0.717) is 26.9 Å². The van der Waals surface area contributed by atoms with Crippen LogP contribution in [0.25, 0.3) is 33.5 Å². The summed E-state index contributed by atoms with van der Waals surface area (Å²) in [5.41, 5.74) is 0.216. The molecule has 12 heteroatoms. The predicted octanol–water partition coefficient (Wildman–Crippen LogP) is 5.58. The molecule has 2 heterocycles. The molecule has 3 aromatic carbocycles. The van der Waals surface area contributed by atoms with Gasteiger partial charge in [0.05, 0.1) is 28.1 Å². The summed E-state index contributed by atoms with van der Waals surface area (Å²) < 4.78 is 17.6. The van der Waals surface area contributed by atoms with Gasteiger partial charge < -0.3 is 13.9 Å². The van der Waals surface area contributed by atoms with E-state index in [9.17, 15) is 19.7 Å². The SMILES string of the molecule is CC(C)OC(=O)COc1c(C=Nn2c(-c3cc4cc(Cl)ccc4o3)nc3ccccc3c2=O)cccc1[N+](=O)[O-]. The molecule has 40 heavy (non-hydrogen) atoms. The molecular weight excluding hydrogens is 540 g/mol. The van der Waals surface area contributed by atoms with Gasteiger partial charge in [-0.1, -0.05) is 29.8 Å². The number of rotatable bonds is 8. The number of esters is 1. The van der Waals surface area contributed by atoms with Gasteiger partial charge in [0.25, 0.3) is 5.56 Å². The number of nitro groups is 1. The van der Waals surface area contributed by atoms with Crippen molar-refractivity contribution < 1.29 is 23.6 Å². The van der Waals surface area contributed by atoms with Crippen molar-refractivity contribution in [2.75, 3.05) is 6.61 Å². The Hall–Kier alpha value is -5.03. The van der Waals surface area contributed by atoms with Crippen molar-refractivity contribution in [1.29, 1.82) is 0 Å². The summed E-state index contributed by atoms with van der Waals surface area (Å²) in [6.07, 6.45) is 0.833. The minimum Gasteiger partial charge on any atom is -0.474 e. The Morgan fingerprint density at radius 2 is 1.98 bits per heavy atom. The van der Waals surface area contributed by atoms with E-state index < -0.39 is 23.1 Å². The lowest BCUT2D eigenvalue weighted by molar-refractivity contribution is -0.385. The molecule has 5 rings (SSSR count). The molecule has 0 spiro atoms. The number of hydrogen-bond acceptors (Lipinski definition) is 9. The van der Waals surface area contributed by atoms with E-state index in [1.54, 1.807) is 62.4 Å². The highest BCUT2D eigenvalue weighted by Gasteiger charge is 2.21. The van der Waals surface area contributed by atoms with Gasteiger partial charge >= 0.3 is 11.7 Å². The Balaban J connectivity index is 1.63. The van der Waals surface area contributed by atoms with E-state index in [1.165, 1.54) is 24.4 Å². The number of nitro benzene ring substituents is 1. The molecule has 0 aliphatic rings. The number of carbonyl (C=O) groups excluding carboxylic acids is 1. The molecule has 0 amide bonds. The first-order chi connectivity index (χ1) is 19.2. The molecule has 0 bridgehead atoms. The molecule has 11 nitrogen and oxygen atoms in total. The zero-order valence-corrected chi connectivity index (χ0v) is 22.0. The number of carbonyl (C=O) groups is 1. The summed E-state index contributed by atoms with van der Waals surface area (Å²) in [6.45, 7) is 2.78. The third-order valence-corrected chi connectivity index (χ3v) is 5.92. The van der Waals surface area contributed by atoms with Crippen LogP contribution in [0.5, 0.6) is 5.75 Å². The number of hydrogen-bond donors (Lipinski definition) is 0. The first-order valence-electron chi connectivity index (χ1n) is 12.1. The quantitative estimate of drug-likeness (QED) is 0.104. The maximum Gasteiger partial charge on any atom is 0.344 e. The van der Waals surface area contributed by atoms with Crippen molar-refractivity contribution in [3.8, 4) is 17.3 Å². The molecule has 2 aromatic heterocycles. The largest absolute Gasteiger partial charge is 0.474 e. The second kappa shape index (κ2) is 11.0. The van der Waals surface area contributed by atoms with Crippen LogP contribution in [0.15, 0.2) is 81.0 Å². The normalized spacial score (nSPS) is 11.5. The highest BCUT2D eigenvalue weighted by Crippen LogP contribution is 2.31. The Labute approximate surface area is 231 Å². The fraction of sp³-hybridized carbons (Fsp3) is 0.143. The van der Waals surface area contributed by atoms with Crippen LogP contribution in [-0.4, -0.2) is 39.5 Å². The number of ether oxygens (including phenoxy) is 2. The van der Waals surface area contributed by atoms with Crippen molar-refractivity contribution in [2.45, 2.75) is 20.0 Å². The molecule has 5 aromatic rings. The minimum atomic E-state index is -0.696. The van der Waals surface area contributed by atoms with Gasteiger partial charge in [0, 0.05) is 22.0 Å². The maximum absolute atomic E-state index is 13.5. The third-order valence-electron chi connectivity index (χ3n) is 5.69. The average Bonchev–Trinajstić information content (AvgIpc) is 3.34. The number of benzene rings is 3. The van der Waals surface area contributed by atoms with Gasteiger partial charge in [-0.2, -0.15) is 9.78 Å². The van der Waals surface area contributed by atoms with E-state index >= 15 is 0 Å². The molecule has 0 aliphatic carbocycles. The Morgan fingerprint density at radius 3 is 2.75 bits per heavy atom. The van der Waals surface area contributed by atoms with E-state index in [1.807, 2.05) is 0 Å². The van der Waals surface area contributed by atoms with Crippen molar-refractivity contribution in [2.24, 2.45) is 5.10 Å². The van der Waals surface area contributed by atoms with Crippen LogP contribution in [-0.2, 0) is 9.53 Å². The molecule has 0 saturated heterocycles. The third kappa shape index (κ3) is 5.40. The number of para-hydroxylation sites is 2. The first kappa shape index (κ1) is 26.6. The monoisotopic (exact) mass is 560 g/mol. The van der Waals surface area contributed by atoms with Crippen LogP contribution in [0.2, 0.25) is 5.02 Å². The van der Waals surface area contributed by atoms with Gasteiger partial charge in [0.2, 0.25) is 11.6 Å². The molecule has 0 aliphatic heterocycles. The molecule has 0 radical (unpaired) electrons. The topological polar surface area (TPSA) is 139 Å². The Morgan fingerprint density at radius 1 is 1.18 bits per heavy atom. The highest BCUT2D eigenvalue weighted by molar-refractivity contribution is 6.31. The molecular formula is C28H21ClN4O7. The summed E-state index contributed by atoms with van der Waals surface area (Å²) in [6, 6.07) is 17.7. The molecule has 0 fully saturated rings. The van der Waals surface area contributed by atoms with Gasteiger partial charge in [0.1, 0.15) is 5.58 Å². The van der Waals surface area contributed by atoms with Gasteiger partial charge in [-0.15, -0.1) is 0 Å². The van der Waals surface area contributed by atoms with Crippen LogP contribution in [0.1, 0.15) is 19.4 Å². The van der Waals surface area contributed by atoms with E-state index in [-0.39, 0.29) is 34.7 Å². The van der Waals surface area contributed by atoms with Crippen LogP contribution in [0, 0.1) is 10.1 Å². The number of halogens is 1. The fourth-order valence-electron chi connectivity index (χ4n) is 4.01. The average molecular weight is 561 g/mol. The van der Waals surface area contributed by atoms with E-state index in [4.69, 9.17) is 25.5 Å². The van der Waals surface area contributed by atoms with Crippen LogP contribution >= 0.6 is 11.6 Å². The zero-order chi connectivity index (χ0) is 28.4. The van der Waals surface area contributed by atoms with Crippen LogP contribution in [0.4, 0.5) is 5.69 Å². The van der Waals surface area contributed by atoms with Gasteiger partial charge in [-0.3, -0.25) is 14.9 Å². The molecule has 0 N–H and O–H groups in total. The summed E-state index contributed by atoms with van der Waals surface area (Å²) in [4.78, 5) is 41.2. The van der Waals surface area contributed by atoms with E-state index in [0.717, 1.165) is 4.68 Å². The Kier molecular flexibility index (Phi) is 7.30. The smallest absolute Gasteiger partial charge is 0.344 e. The van der Waals surface area contributed by atoms with Gasteiger partial charge in [-0.05, 0) is 56.3 Å². The van der Waals surface area contributed by atoms with E-state index in [2.05, 4.69) is 10.1 Å². The molecule has 0 saturated carbocycles. The van der Waals surface area contributed by atoms with Crippen LogP contribution in [0.3, 0.4) is 0 Å². The maximum atomic E-state index is 13.5. The lowest BCUT2D eigenvalue weighted by Crippen LogP contribution is -2.21. The second-order valence-electron chi connectivity index (χ2n) is 8.89. The first-order valence-corrected chi connectivity index (χ1v) is 12.4. The number of nitrogens with zero attached hydrogens (tertiary/aromatic N) is 4. The minimum absolute atomic E-state index is 0.0979. The van der Waals surface area contributed by atoms with Crippen molar-refractivity contribution in [1.82, 2.24) is 9.66 Å². The standard InChI is InChI=1S/C28H21ClN4O7/c1-16(2)39-25(34)15-38-26-17(6-5-9-22(26)33(36)37)14-30-32-27(31-21-8-4-3-7-20(21)28(32)35)24-13-18-12-19(29)10-11-23(18)40-24/h3-14,16H,15H2,1-2H3. The van der Waals surface area contributed by atoms with Gasteiger partial charge in [-0.25, -0.2) is 9.78 Å². The fourth-order valence-corrected chi connectivity index (χ4v) is 4.19. The van der Waals surface area contributed by atoms with Gasteiger partial charge in [0.15, 0.2) is 12.4 Å². The van der Waals surface area contributed by atoms with Crippen LogP contribution < -0.4 is 10.3 Å². The lowest BCUT2D eigenvalue weighted by Gasteiger charge is -2.11. The second-order valence-corrected chi connectivity index (χ2v) is 9.32. The van der Waals surface area contributed by atoms with Crippen molar-refractivity contribution in [3.63, 3.8) is 0 Å².